The average molecular weight is 458 g/mol. The second-order valence-electron chi connectivity index (χ2n) is 8.10. The van der Waals surface area contributed by atoms with Crippen molar-refractivity contribution in [2.45, 2.75) is 24.6 Å². The molecule has 1 aliphatic carbocycles. The maximum absolute atomic E-state index is 14.0. The number of benzene rings is 1. The highest BCUT2D eigenvalue weighted by Crippen LogP contribution is 2.29. The van der Waals surface area contributed by atoms with Gasteiger partial charge in [0.15, 0.2) is 0 Å². The van der Waals surface area contributed by atoms with Crippen LogP contribution in [0.15, 0.2) is 48.7 Å². The molecular weight excluding hydrogens is 433 g/mol. The fourth-order valence-electron chi connectivity index (χ4n) is 3.75. The van der Waals surface area contributed by atoms with Gasteiger partial charge in [-0.2, -0.15) is 0 Å². The smallest absolute Gasteiger partial charge is 0.236 e. The minimum Gasteiger partial charge on any atom is -0.354 e. The van der Waals surface area contributed by atoms with Crippen molar-refractivity contribution < 1.29 is 12.8 Å². The number of rotatable bonds is 7. The number of sulfonamides is 1. The van der Waals surface area contributed by atoms with Gasteiger partial charge in [-0.25, -0.2) is 22.5 Å². The van der Waals surface area contributed by atoms with E-state index in [4.69, 9.17) is 0 Å². The standard InChI is InChI=1S/C21H24FN7O2S/c22-18-4-1-2-5-19(18)29-15-16(24-26-29)14-27-10-12-28(13-11-27)21-7-3-6-20(23-21)25-32(30,31)17-8-9-17/h1-7,15,17H,8-14H2,(H,23,25). The summed E-state index contributed by atoms with van der Waals surface area (Å²) in [5.41, 5.74) is 1.15. The summed E-state index contributed by atoms with van der Waals surface area (Å²) in [5.74, 6) is 0.777. The van der Waals surface area contributed by atoms with Gasteiger partial charge in [-0.15, -0.1) is 5.10 Å². The summed E-state index contributed by atoms with van der Waals surface area (Å²) in [6, 6.07) is 11.9. The van der Waals surface area contributed by atoms with E-state index in [2.05, 4.69) is 29.8 Å². The molecule has 2 aromatic heterocycles. The Morgan fingerprint density at radius 3 is 2.56 bits per heavy atom. The Kier molecular flexibility index (Phi) is 5.51. The Bertz CT molecular complexity index is 1200. The first-order valence-electron chi connectivity index (χ1n) is 10.6. The molecule has 32 heavy (non-hydrogen) atoms. The van der Waals surface area contributed by atoms with Gasteiger partial charge in [0.05, 0.1) is 17.1 Å². The number of aromatic nitrogens is 4. The van der Waals surface area contributed by atoms with Crippen molar-refractivity contribution in [1.29, 1.82) is 0 Å². The average Bonchev–Trinajstić information content (AvgIpc) is 3.56. The van der Waals surface area contributed by atoms with Crippen molar-refractivity contribution in [1.82, 2.24) is 24.9 Å². The van der Waals surface area contributed by atoms with Crippen molar-refractivity contribution in [3.05, 3.63) is 60.2 Å². The number of pyridine rings is 1. The summed E-state index contributed by atoms with van der Waals surface area (Å²) in [6.45, 7) is 3.73. The van der Waals surface area contributed by atoms with E-state index in [0.717, 1.165) is 37.7 Å². The van der Waals surface area contributed by atoms with E-state index in [9.17, 15) is 12.8 Å². The third-order valence-electron chi connectivity index (χ3n) is 5.67. The van der Waals surface area contributed by atoms with Gasteiger partial charge in [-0.05, 0) is 37.1 Å². The van der Waals surface area contributed by atoms with Crippen molar-refractivity contribution in [3.63, 3.8) is 0 Å². The molecular formula is C21H24FN7O2S. The number of halogens is 1. The predicted octanol–water partition coefficient (Wildman–Crippen LogP) is 2.03. The number of piperazine rings is 1. The van der Waals surface area contributed by atoms with Crippen LogP contribution >= 0.6 is 0 Å². The van der Waals surface area contributed by atoms with Gasteiger partial charge in [-0.3, -0.25) is 9.62 Å². The van der Waals surface area contributed by atoms with E-state index in [1.54, 1.807) is 30.5 Å². The molecule has 0 unspecified atom stereocenters. The third-order valence-corrected chi connectivity index (χ3v) is 7.51. The van der Waals surface area contributed by atoms with Crippen LogP contribution in [0.4, 0.5) is 16.0 Å². The van der Waals surface area contributed by atoms with Crippen LogP contribution in [0, 0.1) is 5.82 Å². The van der Waals surface area contributed by atoms with Crippen LogP contribution < -0.4 is 9.62 Å². The summed E-state index contributed by atoms with van der Waals surface area (Å²) in [4.78, 5) is 8.90. The van der Waals surface area contributed by atoms with Crippen LogP contribution in [0.5, 0.6) is 0 Å². The molecule has 5 rings (SSSR count). The fourth-order valence-corrected chi connectivity index (χ4v) is 5.08. The normalized spacial score (nSPS) is 17.5. The summed E-state index contributed by atoms with van der Waals surface area (Å²) in [7, 11) is -3.33. The molecule has 3 aromatic rings. The van der Waals surface area contributed by atoms with Gasteiger partial charge in [-0.1, -0.05) is 23.4 Å². The fraction of sp³-hybridized carbons (Fsp3) is 0.381. The van der Waals surface area contributed by atoms with Gasteiger partial charge in [0.25, 0.3) is 0 Å². The monoisotopic (exact) mass is 457 g/mol. The lowest BCUT2D eigenvalue weighted by atomic mass is 10.3. The zero-order valence-electron chi connectivity index (χ0n) is 17.4. The van der Waals surface area contributed by atoms with Gasteiger partial charge >= 0.3 is 0 Å². The molecule has 1 N–H and O–H groups in total. The number of nitrogens with one attached hydrogen (secondary N) is 1. The molecule has 0 radical (unpaired) electrons. The molecule has 11 heteroatoms. The number of nitrogens with zero attached hydrogens (tertiary/aromatic N) is 6. The minimum absolute atomic E-state index is 0.284. The lowest BCUT2D eigenvalue weighted by molar-refractivity contribution is 0.246. The molecule has 3 heterocycles. The van der Waals surface area contributed by atoms with E-state index in [1.165, 1.54) is 10.7 Å². The largest absolute Gasteiger partial charge is 0.354 e. The van der Waals surface area contributed by atoms with Crippen LogP contribution in [-0.2, 0) is 16.6 Å². The SMILES string of the molecule is O=S(=O)(Nc1cccc(N2CCN(Cc3cn(-c4ccccc4F)nn3)CC2)n1)C1CC1. The molecule has 2 fully saturated rings. The third kappa shape index (κ3) is 4.58. The Hall–Kier alpha value is -3.05. The van der Waals surface area contributed by atoms with Gasteiger partial charge in [0, 0.05) is 32.7 Å². The van der Waals surface area contributed by atoms with Crippen molar-refractivity contribution in [3.8, 4) is 5.69 Å². The first-order chi connectivity index (χ1) is 15.5. The molecule has 0 bridgehead atoms. The van der Waals surface area contributed by atoms with E-state index in [-0.39, 0.29) is 11.1 Å². The van der Waals surface area contributed by atoms with Crippen molar-refractivity contribution in [2.75, 3.05) is 35.8 Å². The molecule has 1 aromatic carbocycles. The molecule has 0 spiro atoms. The van der Waals surface area contributed by atoms with E-state index in [0.29, 0.717) is 30.9 Å². The summed E-state index contributed by atoms with van der Waals surface area (Å²) in [6.07, 6.45) is 3.18. The Balaban J connectivity index is 1.18. The molecule has 1 saturated heterocycles. The molecule has 1 aliphatic heterocycles. The van der Waals surface area contributed by atoms with Crippen molar-refractivity contribution >= 4 is 21.7 Å². The van der Waals surface area contributed by atoms with E-state index < -0.39 is 10.0 Å². The lowest BCUT2D eigenvalue weighted by Gasteiger charge is -2.35. The van der Waals surface area contributed by atoms with Crippen LogP contribution in [0.25, 0.3) is 5.69 Å². The van der Waals surface area contributed by atoms with Gasteiger partial charge in [0.1, 0.15) is 23.1 Å². The first kappa shape index (κ1) is 20.8. The molecule has 1 saturated carbocycles. The van der Waals surface area contributed by atoms with Crippen LogP contribution in [0.1, 0.15) is 18.5 Å². The Morgan fingerprint density at radius 2 is 1.81 bits per heavy atom. The zero-order chi connectivity index (χ0) is 22.1. The van der Waals surface area contributed by atoms with Gasteiger partial charge in [0.2, 0.25) is 10.0 Å². The highest BCUT2D eigenvalue weighted by atomic mass is 32.2. The Labute approximate surface area is 185 Å². The quantitative estimate of drug-likeness (QED) is 0.580. The van der Waals surface area contributed by atoms with Crippen LogP contribution in [-0.4, -0.2) is 64.7 Å². The number of anilines is 2. The highest BCUT2D eigenvalue weighted by Gasteiger charge is 2.36. The minimum atomic E-state index is -3.33. The molecule has 0 amide bonds. The van der Waals surface area contributed by atoms with E-state index in [1.807, 2.05) is 12.1 Å². The number of para-hydroxylation sites is 1. The first-order valence-corrected chi connectivity index (χ1v) is 12.1. The number of hydrogen-bond donors (Lipinski definition) is 1. The summed E-state index contributed by atoms with van der Waals surface area (Å²) >= 11 is 0. The maximum atomic E-state index is 14.0. The van der Waals surface area contributed by atoms with Crippen LogP contribution in [0.2, 0.25) is 0 Å². The topological polar surface area (TPSA) is 96.2 Å². The second-order valence-corrected chi connectivity index (χ2v) is 10.1. The lowest BCUT2D eigenvalue weighted by Crippen LogP contribution is -2.46. The molecule has 2 aliphatic rings. The van der Waals surface area contributed by atoms with Gasteiger partial charge < -0.3 is 4.90 Å². The molecule has 9 nitrogen and oxygen atoms in total. The van der Waals surface area contributed by atoms with E-state index >= 15 is 0 Å². The molecule has 0 atom stereocenters. The second kappa shape index (κ2) is 8.47. The highest BCUT2D eigenvalue weighted by molar-refractivity contribution is 7.93. The Morgan fingerprint density at radius 1 is 1.03 bits per heavy atom. The number of hydrogen-bond acceptors (Lipinski definition) is 7. The molecule has 168 valence electrons. The summed E-state index contributed by atoms with van der Waals surface area (Å²) in [5, 5.41) is 7.95. The zero-order valence-corrected chi connectivity index (χ0v) is 18.2. The van der Waals surface area contributed by atoms with Crippen molar-refractivity contribution in [2.24, 2.45) is 0 Å². The summed E-state index contributed by atoms with van der Waals surface area (Å²) < 4.78 is 42.4. The van der Waals surface area contributed by atoms with Crippen LogP contribution in [0.3, 0.4) is 0 Å². The predicted molar refractivity (Wildman–Crippen MR) is 119 cm³/mol. The maximum Gasteiger partial charge on any atom is 0.236 e.